The summed E-state index contributed by atoms with van der Waals surface area (Å²) in [5.41, 5.74) is 0. The number of methoxy groups -OCH3 is 1. The van der Waals surface area contributed by atoms with Crippen molar-refractivity contribution in [2.75, 3.05) is 20.2 Å². The Bertz CT molecular complexity index is 198. The van der Waals surface area contributed by atoms with Gasteiger partial charge in [-0.25, -0.2) is 0 Å². The van der Waals surface area contributed by atoms with E-state index < -0.39 is 11.9 Å². The van der Waals surface area contributed by atoms with E-state index in [9.17, 15) is 9.59 Å². The number of ketones is 1. The highest BCUT2D eigenvalue weighted by Gasteiger charge is 2.32. The van der Waals surface area contributed by atoms with Crippen LogP contribution in [0.15, 0.2) is 0 Å². The van der Waals surface area contributed by atoms with Crippen molar-refractivity contribution < 1.29 is 19.5 Å². The van der Waals surface area contributed by atoms with Crippen LogP contribution in [0.2, 0.25) is 0 Å². The van der Waals surface area contributed by atoms with E-state index in [4.69, 9.17) is 5.21 Å². The molecule has 0 saturated carbocycles. The minimum Gasteiger partial charge on any atom is -0.468 e. The van der Waals surface area contributed by atoms with Crippen LogP contribution in [-0.2, 0) is 14.3 Å². The second-order valence-corrected chi connectivity index (χ2v) is 2.70. The summed E-state index contributed by atoms with van der Waals surface area (Å²) in [6.45, 7) is 8.35. The summed E-state index contributed by atoms with van der Waals surface area (Å²) in [4.78, 5) is 22.0. The zero-order valence-corrected chi connectivity index (χ0v) is 10.8. The van der Waals surface area contributed by atoms with Crippen molar-refractivity contribution in [2.24, 2.45) is 5.92 Å². The zero-order valence-electron chi connectivity index (χ0n) is 10.8. The smallest absolute Gasteiger partial charge is 0.317 e. The molecule has 0 aromatic rings. The Kier molecular flexibility index (Phi) is 11.5. The van der Waals surface area contributed by atoms with Gasteiger partial charge in [-0.15, -0.1) is 0 Å². The van der Waals surface area contributed by atoms with Gasteiger partial charge in [0.1, 0.15) is 11.7 Å². The van der Waals surface area contributed by atoms with E-state index in [1.54, 1.807) is 0 Å². The van der Waals surface area contributed by atoms with Gasteiger partial charge < -0.3 is 9.94 Å². The number of rotatable bonds is 1. The van der Waals surface area contributed by atoms with Gasteiger partial charge in [0.15, 0.2) is 0 Å². The molecule has 0 amide bonds. The molecular weight excluding hydrogens is 210 g/mol. The topological polar surface area (TPSA) is 66.8 Å². The maximum absolute atomic E-state index is 11.1. The quantitative estimate of drug-likeness (QED) is 0.549. The highest BCUT2D eigenvalue weighted by Crippen LogP contribution is 2.12. The van der Waals surface area contributed by atoms with Gasteiger partial charge in [0.25, 0.3) is 0 Å². The molecule has 1 aliphatic rings. The molecular formula is C11H23NO4. The second kappa shape index (κ2) is 10.6. The number of nitrogens with zero attached hydrogens (tertiary/aromatic N) is 1. The Morgan fingerprint density at radius 1 is 1.38 bits per heavy atom. The van der Waals surface area contributed by atoms with Gasteiger partial charge in [-0.2, -0.15) is 5.06 Å². The van der Waals surface area contributed by atoms with Crippen molar-refractivity contribution in [2.45, 2.75) is 34.1 Å². The normalized spacial score (nSPS) is 19.9. The molecule has 1 heterocycles. The molecule has 1 rings (SSSR count). The molecule has 1 fully saturated rings. The largest absolute Gasteiger partial charge is 0.468 e. The maximum Gasteiger partial charge on any atom is 0.317 e. The van der Waals surface area contributed by atoms with E-state index in [1.165, 1.54) is 7.11 Å². The molecule has 0 aromatic heterocycles. The Morgan fingerprint density at radius 3 is 2.31 bits per heavy atom. The molecule has 1 N–H and O–H groups in total. The van der Waals surface area contributed by atoms with Crippen molar-refractivity contribution in [1.29, 1.82) is 0 Å². The molecule has 1 unspecified atom stereocenters. The number of ether oxygens (including phenoxy) is 1. The van der Waals surface area contributed by atoms with E-state index in [2.05, 4.69) is 4.74 Å². The standard InChI is InChI=1S/C7H11NO4.2C2H6/c1-12-7(10)5-4-8(11)3-2-6(5)9;2*1-2/h5,11H,2-4H2,1H3;2*1-2H3. The van der Waals surface area contributed by atoms with Crippen molar-refractivity contribution in [3.8, 4) is 0 Å². The summed E-state index contributed by atoms with van der Waals surface area (Å²) in [6, 6.07) is 0. The number of piperidine rings is 1. The zero-order chi connectivity index (χ0) is 13.1. The number of hydrogen-bond acceptors (Lipinski definition) is 5. The highest BCUT2D eigenvalue weighted by atomic mass is 16.5. The molecule has 5 nitrogen and oxygen atoms in total. The molecule has 0 radical (unpaired) electrons. The van der Waals surface area contributed by atoms with Crippen LogP contribution in [0.1, 0.15) is 34.1 Å². The highest BCUT2D eigenvalue weighted by molar-refractivity contribution is 5.99. The lowest BCUT2D eigenvalue weighted by Gasteiger charge is -2.24. The van der Waals surface area contributed by atoms with Gasteiger partial charge in [-0.1, -0.05) is 27.7 Å². The molecule has 0 bridgehead atoms. The first-order chi connectivity index (χ1) is 7.65. The van der Waals surface area contributed by atoms with Gasteiger partial charge in [0.2, 0.25) is 0 Å². The van der Waals surface area contributed by atoms with E-state index >= 15 is 0 Å². The Labute approximate surface area is 97.3 Å². The fourth-order valence-electron chi connectivity index (χ4n) is 1.17. The van der Waals surface area contributed by atoms with E-state index in [0.717, 1.165) is 5.06 Å². The lowest BCUT2D eigenvalue weighted by atomic mass is 9.98. The average Bonchev–Trinajstić information content (AvgIpc) is 2.36. The van der Waals surface area contributed by atoms with Crippen molar-refractivity contribution in [3.05, 3.63) is 0 Å². The third kappa shape index (κ3) is 5.82. The maximum atomic E-state index is 11.1. The minimum atomic E-state index is -0.811. The van der Waals surface area contributed by atoms with Crippen LogP contribution in [0.3, 0.4) is 0 Å². The minimum absolute atomic E-state index is 0.0471. The molecule has 5 heteroatoms. The summed E-state index contributed by atoms with van der Waals surface area (Å²) in [5, 5.41) is 9.98. The monoisotopic (exact) mass is 233 g/mol. The van der Waals surface area contributed by atoms with Crippen LogP contribution in [0.5, 0.6) is 0 Å². The molecule has 0 aliphatic carbocycles. The number of hydrogen-bond donors (Lipinski definition) is 1. The SMILES string of the molecule is CC.CC.COC(=O)C1CN(O)CCC1=O. The number of hydroxylamine groups is 2. The summed E-state index contributed by atoms with van der Waals surface area (Å²) in [7, 11) is 1.23. The van der Waals surface area contributed by atoms with E-state index in [1.807, 2.05) is 27.7 Å². The van der Waals surface area contributed by atoms with Crippen LogP contribution in [0.25, 0.3) is 0 Å². The first-order valence-electron chi connectivity index (χ1n) is 5.69. The molecule has 16 heavy (non-hydrogen) atoms. The Morgan fingerprint density at radius 2 is 1.88 bits per heavy atom. The van der Waals surface area contributed by atoms with Gasteiger partial charge in [-0.05, 0) is 0 Å². The van der Waals surface area contributed by atoms with E-state index in [0.29, 0.717) is 6.54 Å². The van der Waals surface area contributed by atoms with Crippen molar-refractivity contribution in [1.82, 2.24) is 5.06 Å². The van der Waals surface area contributed by atoms with Gasteiger partial charge in [0.05, 0.1) is 7.11 Å². The number of Topliss-reactive ketones (excluding diaryl/α,β-unsaturated/α-hetero) is 1. The predicted molar refractivity (Wildman–Crippen MR) is 61.2 cm³/mol. The number of carbonyl (C=O) groups excluding carboxylic acids is 2. The van der Waals surface area contributed by atoms with Crippen LogP contribution >= 0.6 is 0 Å². The Balaban J connectivity index is 0. The molecule has 1 saturated heterocycles. The lowest BCUT2D eigenvalue weighted by molar-refractivity contribution is -0.165. The van der Waals surface area contributed by atoms with Crippen LogP contribution in [-0.4, -0.2) is 42.2 Å². The molecule has 96 valence electrons. The predicted octanol–water partition coefficient (Wildman–Crippen LogP) is 1.49. The molecule has 1 atom stereocenters. The third-order valence-corrected chi connectivity index (χ3v) is 1.88. The number of esters is 1. The van der Waals surface area contributed by atoms with Gasteiger partial charge in [-0.3, -0.25) is 9.59 Å². The fraction of sp³-hybridized carbons (Fsp3) is 0.818. The van der Waals surface area contributed by atoms with Gasteiger partial charge in [0, 0.05) is 19.5 Å². The molecule has 0 spiro atoms. The van der Waals surface area contributed by atoms with Crippen LogP contribution in [0, 0.1) is 5.92 Å². The fourth-order valence-corrected chi connectivity index (χ4v) is 1.17. The average molecular weight is 233 g/mol. The second-order valence-electron chi connectivity index (χ2n) is 2.70. The lowest BCUT2D eigenvalue weighted by Crippen LogP contribution is -2.43. The first-order valence-corrected chi connectivity index (χ1v) is 5.69. The summed E-state index contributed by atoms with van der Waals surface area (Å²) < 4.78 is 4.41. The van der Waals surface area contributed by atoms with Gasteiger partial charge >= 0.3 is 5.97 Å². The Hall–Kier alpha value is -0.940. The van der Waals surface area contributed by atoms with Crippen molar-refractivity contribution >= 4 is 11.8 Å². The van der Waals surface area contributed by atoms with Crippen LogP contribution < -0.4 is 0 Å². The third-order valence-electron chi connectivity index (χ3n) is 1.88. The number of carbonyl (C=O) groups is 2. The van der Waals surface area contributed by atoms with Crippen LogP contribution in [0.4, 0.5) is 0 Å². The summed E-state index contributed by atoms with van der Waals surface area (Å²) in [5.74, 6) is -1.54. The van der Waals surface area contributed by atoms with E-state index in [-0.39, 0.29) is 18.7 Å². The summed E-state index contributed by atoms with van der Waals surface area (Å²) in [6.07, 6.45) is 0.205. The summed E-state index contributed by atoms with van der Waals surface area (Å²) >= 11 is 0. The van der Waals surface area contributed by atoms with Crippen molar-refractivity contribution in [3.63, 3.8) is 0 Å². The molecule has 0 aromatic carbocycles. The first kappa shape index (κ1) is 17.5. The molecule has 1 aliphatic heterocycles.